The molecule has 0 aliphatic carbocycles. The SMILES string of the molecule is CS(=O)(=O)CCn1ncc(CN)c1C(F)F. The minimum absolute atomic E-state index is 0.0431. The summed E-state index contributed by atoms with van der Waals surface area (Å²) in [5.74, 6) is -0.224. The van der Waals surface area contributed by atoms with Crippen molar-refractivity contribution >= 4 is 9.84 Å². The predicted octanol–water partition coefficient (Wildman–Crippen LogP) is 0.324. The molecule has 0 saturated carbocycles. The van der Waals surface area contributed by atoms with E-state index >= 15 is 0 Å². The highest BCUT2D eigenvalue weighted by Gasteiger charge is 2.19. The number of nitrogens with two attached hydrogens (primary N) is 1. The van der Waals surface area contributed by atoms with Crippen LogP contribution >= 0.6 is 0 Å². The van der Waals surface area contributed by atoms with Crippen LogP contribution in [0.5, 0.6) is 0 Å². The second-order valence-corrected chi connectivity index (χ2v) is 5.67. The highest BCUT2D eigenvalue weighted by molar-refractivity contribution is 7.90. The molecule has 2 N–H and O–H groups in total. The third kappa shape index (κ3) is 3.24. The number of sulfone groups is 1. The summed E-state index contributed by atoms with van der Waals surface area (Å²) in [5.41, 5.74) is 5.22. The molecule has 0 spiro atoms. The highest BCUT2D eigenvalue weighted by Crippen LogP contribution is 2.22. The van der Waals surface area contributed by atoms with Crippen LogP contribution in [0.25, 0.3) is 0 Å². The highest BCUT2D eigenvalue weighted by atomic mass is 32.2. The van der Waals surface area contributed by atoms with Gasteiger partial charge in [-0.15, -0.1) is 0 Å². The zero-order valence-electron chi connectivity index (χ0n) is 8.73. The molecule has 0 aliphatic heterocycles. The van der Waals surface area contributed by atoms with Crippen molar-refractivity contribution in [3.05, 3.63) is 17.5 Å². The quantitative estimate of drug-likeness (QED) is 0.820. The number of rotatable bonds is 5. The zero-order valence-corrected chi connectivity index (χ0v) is 9.54. The summed E-state index contributed by atoms with van der Waals surface area (Å²) >= 11 is 0. The largest absolute Gasteiger partial charge is 0.326 e. The number of hydrogen-bond acceptors (Lipinski definition) is 4. The van der Waals surface area contributed by atoms with Crippen LogP contribution in [0.1, 0.15) is 17.7 Å². The average molecular weight is 253 g/mol. The second-order valence-electron chi connectivity index (χ2n) is 3.41. The molecule has 1 aromatic heterocycles. The summed E-state index contributed by atoms with van der Waals surface area (Å²) in [7, 11) is -3.20. The van der Waals surface area contributed by atoms with Crippen molar-refractivity contribution in [3.8, 4) is 0 Å². The summed E-state index contributed by atoms with van der Waals surface area (Å²) in [5, 5.41) is 3.70. The van der Waals surface area contributed by atoms with E-state index in [2.05, 4.69) is 5.10 Å². The molecule has 1 rings (SSSR count). The van der Waals surface area contributed by atoms with Crippen molar-refractivity contribution in [1.29, 1.82) is 0 Å². The number of aromatic nitrogens is 2. The Bertz CT molecular complexity index is 456. The molecule has 0 amide bonds. The van der Waals surface area contributed by atoms with Gasteiger partial charge < -0.3 is 5.73 Å². The number of alkyl halides is 2. The number of nitrogens with zero attached hydrogens (tertiary/aromatic N) is 2. The summed E-state index contributed by atoms with van der Waals surface area (Å²) < 4.78 is 48.1. The first kappa shape index (κ1) is 13.0. The summed E-state index contributed by atoms with van der Waals surface area (Å²) in [6.45, 7) is -0.128. The fourth-order valence-electron chi connectivity index (χ4n) is 1.27. The maximum Gasteiger partial charge on any atom is 0.280 e. The Hall–Kier alpha value is -1.02. The average Bonchev–Trinajstić information content (AvgIpc) is 2.56. The molecule has 0 aromatic carbocycles. The molecule has 0 unspecified atom stereocenters. The Labute approximate surface area is 92.2 Å². The maximum absolute atomic E-state index is 12.7. The Kier molecular flexibility index (Phi) is 3.98. The van der Waals surface area contributed by atoms with Crippen LogP contribution in [0.2, 0.25) is 0 Å². The van der Waals surface area contributed by atoms with Crippen molar-refractivity contribution in [2.75, 3.05) is 12.0 Å². The first-order valence-electron chi connectivity index (χ1n) is 4.55. The molecule has 8 heteroatoms. The van der Waals surface area contributed by atoms with Gasteiger partial charge in [-0.2, -0.15) is 5.10 Å². The maximum atomic E-state index is 12.7. The van der Waals surface area contributed by atoms with E-state index in [-0.39, 0.29) is 30.1 Å². The lowest BCUT2D eigenvalue weighted by Gasteiger charge is -2.07. The van der Waals surface area contributed by atoms with E-state index in [1.54, 1.807) is 0 Å². The minimum atomic E-state index is -3.20. The third-order valence-corrected chi connectivity index (χ3v) is 2.98. The summed E-state index contributed by atoms with van der Waals surface area (Å²) in [6.07, 6.45) is -0.424. The van der Waals surface area contributed by atoms with Crippen LogP contribution in [0.4, 0.5) is 8.78 Å². The van der Waals surface area contributed by atoms with E-state index in [1.165, 1.54) is 6.20 Å². The zero-order chi connectivity index (χ0) is 12.3. The first-order valence-corrected chi connectivity index (χ1v) is 6.61. The number of hydrogen-bond donors (Lipinski definition) is 1. The first-order chi connectivity index (χ1) is 7.35. The third-order valence-electron chi connectivity index (χ3n) is 2.06. The van der Waals surface area contributed by atoms with Gasteiger partial charge in [0.15, 0.2) is 0 Å². The Balaban J connectivity index is 2.92. The van der Waals surface area contributed by atoms with E-state index < -0.39 is 16.3 Å². The van der Waals surface area contributed by atoms with E-state index in [1.807, 2.05) is 0 Å². The van der Waals surface area contributed by atoms with Crippen LogP contribution in [-0.2, 0) is 22.9 Å². The number of halogens is 2. The van der Waals surface area contributed by atoms with Gasteiger partial charge in [-0.25, -0.2) is 17.2 Å². The number of aryl methyl sites for hydroxylation is 1. The summed E-state index contributed by atoms with van der Waals surface area (Å²) in [6, 6.07) is 0. The molecule has 5 nitrogen and oxygen atoms in total. The monoisotopic (exact) mass is 253 g/mol. The molecule has 1 heterocycles. The lowest BCUT2D eigenvalue weighted by Crippen LogP contribution is -2.15. The smallest absolute Gasteiger partial charge is 0.280 e. The fourth-order valence-corrected chi connectivity index (χ4v) is 1.78. The molecule has 0 saturated heterocycles. The minimum Gasteiger partial charge on any atom is -0.326 e. The second kappa shape index (κ2) is 4.88. The van der Waals surface area contributed by atoms with Gasteiger partial charge in [0, 0.05) is 18.4 Å². The Morgan fingerprint density at radius 2 is 2.19 bits per heavy atom. The van der Waals surface area contributed by atoms with Gasteiger partial charge in [0.2, 0.25) is 0 Å². The lowest BCUT2D eigenvalue weighted by molar-refractivity contribution is 0.138. The van der Waals surface area contributed by atoms with Crippen LogP contribution in [0, 0.1) is 0 Å². The van der Waals surface area contributed by atoms with Crippen molar-refractivity contribution in [2.24, 2.45) is 5.73 Å². The van der Waals surface area contributed by atoms with Gasteiger partial charge in [0.25, 0.3) is 6.43 Å². The van der Waals surface area contributed by atoms with Crippen molar-refractivity contribution < 1.29 is 17.2 Å². The lowest BCUT2D eigenvalue weighted by atomic mass is 10.2. The fraction of sp³-hybridized carbons (Fsp3) is 0.625. The molecule has 0 fully saturated rings. The van der Waals surface area contributed by atoms with Crippen molar-refractivity contribution in [2.45, 2.75) is 19.5 Å². The molecule has 92 valence electrons. The summed E-state index contributed by atoms with van der Waals surface area (Å²) in [4.78, 5) is 0. The van der Waals surface area contributed by atoms with E-state index in [0.29, 0.717) is 0 Å². The molecule has 0 bridgehead atoms. The van der Waals surface area contributed by atoms with Crippen LogP contribution in [0.15, 0.2) is 6.20 Å². The van der Waals surface area contributed by atoms with Crippen molar-refractivity contribution in [1.82, 2.24) is 9.78 Å². The van der Waals surface area contributed by atoms with E-state index in [9.17, 15) is 17.2 Å². The van der Waals surface area contributed by atoms with Crippen LogP contribution < -0.4 is 5.73 Å². The molecule has 1 aromatic rings. The standard InChI is InChI=1S/C8H13F2N3O2S/c1-16(14,15)3-2-13-7(8(9)10)6(4-11)5-12-13/h5,8H,2-4,11H2,1H3. The Morgan fingerprint density at radius 1 is 1.56 bits per heavy atom. The Morgan fingerprint density at radius 3 is 2.62 bits per heavy atom. The normalized spacial score (nSPS) is 12.3. The van der Waals surface area contributed by atoms with Gasteiger partial charge in [-0.1, -0.05) is 0 Å². The topological polar surface area (TPSA) is 78.0 Å². The molecule has 0 atom stereocenters. The molecular weight excluding hydrogens is 240 g/mol. The van der Waals surface area contributed by atoms with Gasteiger partial charge >= 0.3 is 0 Å². The predicted molar refractivity (Wildman–Crippen MR) is 54.8 cm³/mol. The molecule has 0 radical (unpaired) electrons. The van der Waals surface area contributed by atoms with Crippen molar-refractivity contribution in [3.63, 3.8) is 0 Å². The van der Waals surface area contributed by atoms with E-state index in [4.69, 9.17) is 5.73 Å². The molecule has 0 aliphatic rings. The van der Waals surface area contributed by atoms with Gasteiger partial charge in [0.05, 0.1) is 18.5 Å². The molecular formula is C8H13F2N3O2S. The van der Waals surface area contributed by atoms with Crippen LogP contribution in [0.3, 0.4) is 0 Å². The van der Waals surface area contributed by atoms with Crippen LogP contribution in [-0.4, -0.2) is 30.2 Å². The van der Waals surface area contributed by atoms with Gasteiger partial charge in [0.1, 0.15) is 15.5 Å². The van der Waals surface area contributed by atoms with Gasteiger partial charge in [-0.05, 0) is 0 Å². The van der Waals surface area contributed by atoms with E-state index in [0.717, 1.165) is 10.9 Å². The molecule has 16 heavy (non-hydrogen) atoms. The van der Waals surface area contributed by atoms with Gasteiger partial charge in [-0.3, -0.25) is 4.68 Å².